The number of halogens is 1. The molecular weight excluding hydrogens is 322 g/mol. The third-order valence-electron chi connectivity index (χ3n) is 3.98. The number of rotatable bonds is 3. The van der Waals surface area contributed by atoms with Gasteiger partial charge >= 0.3 is 0 Å². The number of aromatic nitrogens is 3. The summed E-state index contributed by atoms with van der Waals surface area (Å²) in [6, 6.07) is 12.1. The third-order valence-corrected chi connectivity index (χ3v) is 4.15. The van der Waals surface area contributed by atoms with Crippen molar-refractivity contribution in [1.82, 2.24) is 19.6 Å². The van der Waals surface area contributed by atoms with Crippen LogP contribution in [0, 0.1) is 0 Å². The summed E-state index contributed by atoms with van der Waals surface area (Å²) in [6.07, 6.45) is 5.80. The van der Waals surface area contributed by atoms with Gasteiger partial charge in [0.25, 0.3) is 0 Å². The predicted molar refractivity (Wildman–Crippen MR) is 97.1 cm³/mol. The summed E-state index contributed by atoms with van der Waals surface area (Å²) in [7, 11) is 0. The van der Waals surface area contributed by atoms with Crippen LogP contribution in [-0.4, -0.2) is 37.7 Å². The second-order valence-corrected chi connectivity index (χ2v) is 5.95. The second-order valence-electron chi connectivity index (χ2n) is 5.58. The highest BCUT2D eigenvalue weighted by Crippen LogP contribution is 2.23. The van der Waals surface area contributed by atoms with Crippen molar-refractivity contribution < 1.29 is 0 Å². The average Bonchev–Trinajstić information content (AvgIpc) is 2.98. The molecular formula is C18H16ClN5. The molecule has 0 bridgehead atoms. The zero-order valence-electron chi connectivity index (χ0n) is 13.2. The van der Waals surface area contributed by atoms with Gasteiger partial charge in [-0.2, -0.15) is 10.2 Å². The van der Waals surface area contributed by atoms with E-state index >= 15 is 0 Å². The van der Waals surface area contributed by atoms with E-state index in [0.29, 0.717) is 12.4 Å². The van der Waals surface area contributed by atoms with Gasteiger partial charge in [-0.25, -0.2) is 9.50 Å². The number of hydrogen-bond donors (Lipinski definition) is 0. The maximum absolute atomic E-state index is 5.84. The normalized spacial score (nSPS) is 13.8. The Hall–Kier alpha value is -2.66. The van der Waals surface area contributed by atoms with Crippen LogP contribution in [0.3, 0.4) is 0 Å². The molecule has 5 nitrogen and oxygen atoms in total. The molecule has 4 rings (SSSR count). The van der Waals surface area contributed by atoms with Gasteiger partial charge in [0.05, 0.1) is 23.6 Å². The molecule has 6 heteroatoms. The lowest BCUT2D eigenvalue weighted by Gasteiger charge is -2.11. The smallest absolute Gasteiger partial charge is 0.156 e. The molecule has 0 saturated heterocycles. The Morgan fingerprint density at radius 2 is 2.00 bits per heavy atom. The Balaban J connectivity index is 1.87. The van der Waals surface area contributed by atoms with Crippen LogP contribution in [0.2, 0.25) is 0 Å². The van der Waals surface area contributed by atoms with Crippen LogP contribution in [0.5, 0.6) is 0 Å². The van der Waals surface area contributed by atoms with Crippen molar-refractivity contribution in [2.45, 2.75) is 6.92 Å². The first-order chi connectivity index (χ1) is 11.8. The Bertz CT molecular complexity index is 943. The first-order valence-electron chi connectivity index (χ1n) is 7.77. The number of hydrazone groups is 1. The van der Waals surface area contributed by atoms with Gasteiger partial charge in [0.15, 0.2) is 5.65 Å². The molecule has 0 radical (unpaired) electrons. The minimum Gasteiger partial charge on any atom is -0.271 e. The molecule has 120 valence electrons. The highest BCUT2D eigenvalue weighted by atomic mass is 35.5. The lowest BCUT2D eigenvalue weighted by molar-refractivity contribution is 0.428. The van der Waals surface area contributed by atoms with Crippen molar-refractivity contribution in [3.8, 4) is 11.3 Å². The molecule has 0 amide bonds. The fourth-order valence-electron chi connectivity index (χ4n) is 2.79. The van der Waals surface area contributed by atoms with Crippen LogP contribution in [0.15, 0.2) is 53.9 Å². The van der Waals surface area contributed by atoms with E-state index in [1.54, 1.807) is 0 Å². The molecule has 0 fully saturated rings. The van der Waals surface area contributed by atoms with Crippen LogP contribution < -0.4 is 0 Å². The van der Waals surface area contributed by atoms with Gasteiger partial charge in [0, 0.05) is 35.5 Å². The van der Waals surface area contributed by atoms with E-state index in [1.807, 2.05) is 71.3 Å². The minimum absolute atomic E-state index is 0.519. The first kappa shape index (κ1) is 14.9. The molecule has 1 aliphatic heterocycles. The molecule has 2 aromatic heterocycles. The van der Waals surface area contributed by atoms with Crippen LogP contribution >= 0.6 is 11.6 Å². The molecule has 0 aliphatic carbocycles. The quantitative estimate of drug-likeness (QED) is 0.685. The predicted octanol–water partition coefficient (Wildman–Crippen LogP) is 3.65. The van der Waals surface area contributed by atoms with Gasteiger partial charge in [0.1, 0.15) is 0 Å². The van der Waals surface area contributed by atoms with Gasteiger partial charge in [-0.15, -0.1) is 11.6 Å². The van der Waals surface area contributed by atoms with Gasteiger partial charge in [0.2, 0.25) is 0 Å². The summed E-state index contributed by atoms with van der Waals surface area (Å²) in [6.45, 7) is 2.64. The lowest BCUT2D eigenvalue weighted by Crippen LogP contribution is -2.14. The van der Waals surface area contributed by atoms with Crippen molar-refractivity contribution in [2.75, 3.05) is 12.4 Å². The standard InChI is InChI=1S/C18H16ClN5/c1-13-15-12-20-18-11-16(14-5-3-2-4-6-14)22-24(18)17(15)7-9-23(21-13)10-8-19/h2-7,9,11-12H,8,10H2,1H3. The van der Waals surface area contributed by atoms with Gasteiger partial charge in [-0.1, -0.05) is 30.3 Å². The SMILES string of the molecule is CC1=NN(CCCl)C=Cc2c1cnc1cc(-c3ccccc3)nn21. The number of alkyl halides is 1. The van der Waals surface area contributed by atoms with Gasteiger partial charge in [-0.05, 0) is 13.0 Å². The first-order valence-corrected chi connectivity index (χ1v) is 8.30. The van der Waals surface area contributed by atoms with E-state index in [2.05, 4.69) is 10.1 Å². The van der Waals surface area contributed by atoms with Crippen LogP contribution in [0.25, 0.3) is 23.0 Å². The summed E-state index contributed by atoms with van der Waals surface area (Å²) < 4.78 is 1.87. The molecule has 0 unspecified atom stereocenters. The molecule has 0 spiro atoms. The maximum Gasteiger partial charge on any atom is 0.156 e. The monoisotopic (exact) mass is 337 g/mol. The molecule has 24 heavy (non-hydrogen) atoms. The maximum atomic E-state index is 5.84. The highest BCUT2D eigenvalue weighted by Gasteiger charge is 2.15. The van der Waals surface area contributed by atoms with Crippen molar-refractivity contribution in [2.24, 2.45) is 5.10 Å². The molecule has 0 N–H and O–H groups in total. The zero-order valence-corrected chi connectivity index (χ0v) is 14.0. The third kappa shape index (κ3) is 2.57. The Labute approximate surface area is 144 Å². The summed E-state index contributed by atoms with van der Waals surface area (Å²) in [5.41, 5.74) is 5.63. The summed E-state index contributed by atoms with van der Waals surface area (Å²) >= 11 is 5.84. The average molecular weight is 338 g/mol. The van der Waals surface area contributed by atoms with Crippen LogP contribution in [0.4, 0.5) is 0 Å². The topological polar surface area (TPSA) is 45.8 Å². The molecule has 0 saturated carbocycles. The Kier molecular flexibility index (Phi) is 3.78. The van der Waals surface area contributed by atoms with Crippen molar-refractivity contribution in [3.05, 3.63) is 60.1 Å². The lowest BCUT2D eigenvalue weighted by atomic mass is 10.1. The summed E-state index contributed by atoms with van der Waals surface area (Å²) in [5.74, 6) is 0.519. The number of fused-ring (bicyclic) bond motifs is 3. The molecule has 1 aliphatic rings. The van der Waals surface area contributed by atoms with Crippen LogP contribution in [-0.2, 0) is 0 Å². The fourth-order valence-corrected chi connectivity index (χ4v) is 2.96. The zero-order chi connectivity index (χ0) is 16.5. The molecule has 3 aromatic rings. The van der Waals surface area contributed by atoms with E-state index in [9.17, 15) is 0 Å². The van der Waals surface area contributed by atoms with Gasteiger partial charge in [-0.3, -0.25) is 5.01 Å². The van der Waals surface area contributed by atoms with E-state index < -0.39 is 0 Å². The van der Waals surface area contributed by atoms with E-state index in [-0.39, 0.29) is 0 Å². The number of benzene rings is 1. The molecule has 3 heterocycles. The van der Waals surface area contributed by atoms with E-state index in [1.165, 1.54) is 0 Å². The van der Waals surface area contributed by atoms with Crippen molar-refractivity contribution in [3.63, 3.8) is 0 Å². The fraction of sp³-hybridized carbons (Fsp3) is 0.167. The summed E-state index contributed by atoms with van der Waals surface area (Å²) in [4.78, 5) is 4.54. The second kappa shape index (κ2) is 6.09. The summed E-state index contributed by atoms with van der Waals surface area (Å²) in [5, 5.41) is 11.2. The van der Waals surface area contributed by atoms with E-state index in [4.69, 9.17) is 16.7 Å². The largest absolute Gasteiger partial charge is 0.271 e. The van der Waals surface area contributed by atoms with Gasteiger partial charge < -0.3 is 0 Å². The Morgan fingerprint density at radius 1 is 1.17 bits per heavy atom. The number of hydrogen-bond acceptors (Lipinski definition) is 4. The highest BCUT2D eigenvalue weighted by molar-refractivity contribution is 6.18. The van der Waals surface area contributed by atoms with Crippen molar-refractivity contribution >= 4 is 29.0 Å². The number of nitrogens with zero attached hydrogens (tertiary/aromatic N) is 5. The molecule has 1 aromatic carbocycles. The van der Waals surface area contributed by atoms with Crippen LogP contribution in [0.1, 0.15) is 18.2 Å². The van der Waals surface area contributed by atoms with Crippen molar-refractivity contribution in [1.29, 1.82) is 0 Å². The molecule has 0 atom stereocenters. The van der Waals surface area contributed by atoms with E-state index in [0.717, 1.165) is 33.9 Å². The minimum atomic E-state index is 0.519. The Morgan fingerprint density at radius 3 is 2.79 bits per heavy atom.